The van der Waals surface area contributed by atoms with Gasteiger partial charge in [-0.05, 0) is 24.3 Å². The number of nitrogens with one attached hydrogen (secondary N) is 2. The summed E-state index contributed by atoms with van der Waals surface area (Å²) in [5.74, 6) is 0.100. The lowest BCUT2D eigenvalue weighted by atomic mass is 10.2. The number of furan rings is 1. The molecular formula is C21H18N2O6. The maximum atomic E-state index is 12.9. The van der Waals surface area contributed by atoms with Gasteiger partial charge in [0.05, 0.1) is 32.5 Å². The maximum Gasteiger partial charge on any atom is 0.356 e. The van der Waals surface area contributed by atoms with Gasteiger partial charge >= 0.3 is 5.97 Å². The molecule has 0 fully saturated rings. The first-order chi connectivity index (χ1) is 14.0. The molecule has 4 rings (SSSR count). The van der Waals surface area contributed by atoms with Gasteiger partial charge in [-0.2, -0.15) is 0 Å². The Bertz CT molecular complexity index is 1240. The van der Waals surface area contributed by atoms with Gasteiger partial charge in [-0.25, -0.2) is 4.79 Å². The molecule has 0 saturated heterocycles. The maximum absolute atomic E-state index is 12.9. The van der Waals surface area contributed by atoms with Crippen molar-refractivity contribution in [2.75, 3.05) is 26.6 Å². The van der Waals surface area contributed by atoms with Crippen LogP contribution in [0.5, 0.6) is 11.5 Å². The van der Waals surface area contributed by atoms with E-state index < -0.39 is 11.9 Å². The molecule has 1 amide bonds. The van der Waals surface area contributed by atoms with E-state index >= 15 is 0 Å². The van der Waals surface area contributed by atoms with Gasteiger partial charge in [-0.3, -0.25) is 4.79 Å². The minimum atomic E-state index is -0.609. The molecule has 8 heteroatoms. The molecule has 0 atom stereocenters. The topological polar surface area (TPSA) is 103 Å². The molecule has 0 radical (unpaired) electrons. The lowest BCUT2D eigenvalue weighted by Gasteiger charge is -2.05. The molecule has 29 heavy (non-hydrogen) atoms. The van der Waals surface area contributed by atoms with E-state index in [1.807, 2.05) is 6.07 Å². The number of H-pyrrole nitrogens is 1. The van der Waals surface area contributed by atoms with Crippen LogP contribution in [0.4, 0.5) is 5.69 Å². The zero-order valence-electron chi connectivity index (χ0n) is 16.0. The number of hydrogen-bond acceptors (Lipinski definition) is 6. The van der Waals surface area contributed by atoms with Crippen molar-refractivity contribution in [3.8, 4) is 11.5 Å². The fourth-order valence-electron chi connectivity index (χ4n) is 3.17. The van der Waals surface area contributed by atoms with Gasteiger partial charge < -0.3 is 28.9 Å². The predicted octanol–water partition coefficient (Wildman–Crippen LogP) is 3.97. The Hall–Kier alpha value is -3.94. The van der Waals surface area contributed by atoms with E-state index in [1.54, 1.807) is 43.5 Å². The molecule has 0 spiro atoms. The number of hydrogen-bond donors (Lipinski definition) is 2. The van der Waals surface area contributed by atoms with Crippen LogP contribution in [0, 0.1) is 0 Å². The highest BCUT2D eigenvalue weighted by atomic mass is 16.5. The number of ether oxygens (including phenoxy) is 3. The number of methoxy groups -OCH3 is 3. The van der Waals surface area contributed by atoms with Crippen molar-refractivity contribution in [1.82, 2.24) is 4.98 Å². The number of carbonyl (C=O) groups is 2. The predicted molar refractivity (Wildman–Crippen MR) is 107 cm³/mol. The van der Waals surface area contributed by atoms with Crippen LogP contribution in [-0.2, 0) is 4.74 Å². The minimum absolute atomic E-state index is 0.0863. The summed E-state index contributed by atoms with van der Waals surface area (Å²) in [4.78, 5) is 28.1. The van der Waals surface area contributed by atoms with Crippen molar-refractivity contribution in [3.63, 3.8) is 0 Å². The highest BCUT2D eigenvalue weighted by Gasteiger charge is 2.23. The third-order valence-corrected chi connectivity index (χ3v) is 4.59. The van der Waals surface area contributed by atoms with Crippen molar-refractivity contribution >= 4 is 39.4 Å². The molecule has 0 aliphatic carbocycles. The summed E-state index contributed by atoms with van der Waals surface area (Å²) in [6.07, 6.45) is 0. The molecule has 0 saturated carbocycles. The number of aromatic nitrogens is 1. The smallest absolute Gasteiger partial charge is 0.356 e. The first-order valence-corrected chi connectivity index (χ1v) is 8.71. The largest absolute Gasteiger partial charge is 0.497 e. The Kier molecular flexibility index (Phi) is 4.59. The Balaban J connectivity index is 1.76. The standard InChI is InChI=1S/C21H18N2O6/c1-26-12-7-8-13-14(10-12)22-18(21(25)28-3)17(13)23-20(24)16-9-11-5-4-6-15(27-2)19(11)29-16/h4-10,22H,1-3H3,(H,23,24). The van der Waals surface area contributed by atoms with Crippen LogP contribution >= 0.6 is 0 Å². The molecule has 148 valence electrons. The Morgan fingerprint density at radius 3 is 2.59 bits per heavy atom. The third-order valence-electron chi connectivity index (χ3n) is 4.59. The summed E-state index contributed by atoms with van der Waals surface area (Å²) in [6.45, 7) is 0. The summed E-state index contributed by atoms with van der Waals surface area (Å²) in [6, 6.07) is 12.2. The fraction of sp³-hybridized carbons (Fsp3) is 0.143. The molecule has 8 nitrogen and oxygen atoms in total. The molecule has 2 heterocycles. The summed E-state index contributed by atoms with van der Waals surface area (Å²) >= 11 is 0. The average Bonchev–Trinajstić information content (AvgIpc) is 3.34. The van der Waals surface area contributed by atoms with E-state index in [-0.39, 0.29) is 11.5 Å². The summed E-state index contributed by atoms with van der Waals surface area (Å²) in [7, 11) is 4.34. The van der Waals surface area contributed by atoms with Gasteiger partial charge in [0.25, 0.3) is 5.91 Å². The summed E-state index contributed by atoms with van der Waals surface area (Å²) in [5, 5.41) is 4.12. The second-order valence-electron chi connectivity index (χ2n) is 6.22. The molecule has 0 aliphatic rings. The van der Waals surface area contributed by atoms with Crippen LogP contribution in [-0.4, -0.2) is 38.2 Å². The number of rotatable bonds is 5. The third kappa shape index (κ3) is 3.14. The number of benzene rings is 2. The molecule has 0 bridgehead atoms. The van der Waals surface area contributed by atoms with Crippen LogP contribution in [0.3, 0.4) is 0 Å². The van der Waals surface area contributed by atoms with Gasteiger partial charge in [0.2, 0.25) is 0 Å². The molecule has 4 aromatic rings. The second kappa shape index (κ2) is 7.23. The van der Waals surface area contributed by atoms with E-state index in [4.69, 9.17) is 18.6 Å². The highest BCUT2D eigenvalue weighted by Crippen LogP contribution is 2.33. The van der Waals surface area contributed by atoms with E-state index in [0.29, 0.717) is 33.7 Å². The minimum Gasteiger partial charge on any atom is -0.497 e. The van der Waals surface area contributed by atoms with Crippen LogP contribution in [0.1, 0.15) is 21.0 Å². The normalized spacial score (nSPS) is 10.9. The number of anilines is 1. The monoisotopic (exact) mass is 394 g/mol. The van der Waals surface area contributed by atoms with Crippen molar-refractivity contribution in [2.45, 2.75) is 0 Å². The SMILES string of the molecule is COC(=O)c1[nH]c2cc(OC)ccc2c1NC(=O)c1cc2cccc(OC)c2o1. The quantitative estimate of drug-likeness (QED) is 0.497. The van der Waals surface area contributed by atoms with Gasteiger partial charge in [0.15, 0.2) is 17.1 Å². The van der Waals surface area contributed by atoms with E-state index in [2.05, 4.69) is 10.3 Å². The van der Waals surface area contributed by atoms with Gasteiger partial charge in [-0.1, -0.05) is 12.1 Å². The Morgan fingerprint density at radius 1 is 1.03 bits per heavy atom. The van der Waals surface area contributed by atoms with E-state index in [9.17, 15) is 9.59 Å². The lowest BCUT2D eigenvalue weighted by molar-refractivity contribution is 0.0596. The van der Waals surface area contributed by atoms with Crippen LogP contribution in [0.15, 0.2) is 46.9 Å². The molecular weight excluding hydrogens is 376 g/mol. The zero-order chi connectivity index (χ0) is 20.5. The number of amides is 1. The van der Waals surface area contributed by atoms with Crippen molar-refractivity contribution < 1.29 is 28.2 Å². The van der Waals surface area contributed by atoms with Gasteiger partial charge in [-0.15, -0.1) is 0 Å². The molecule has 0 aliphatic heterocycles. The van der Waals surface area contributed by atoms with Crippen LogP contribution in [0.2, 0.25) is 0 Å². The average molecular weight is 394 g/mol. The number of esters is 1. The molecule has 2 aromatic carbocycles. The number of aromatic amines is 1. The Morgan fingerprint density at radius 2 is 1.86 bits per heavy atom. The van der Waals surface area contributed by atoms with Crippen molar-refractivity contribution in [1.29, 1.82) is 0 Å². The van der Waals surface area contributed by atoms with Crippen LogP contribution in [0.25, 0.3) is 21.9 Å². The second-order valence-corrected chi connectivity index (χ2v) is 6.22. The van der Waals surface area contributed by atoms with E-state index in [0.717, 1.165) is 5.39 Å². The Labute approximate surface area is 165 Å². The lowest BCUT2D eigenvalue weighted by Crippen LogP contribution is -2.14. The van der Waals surface area contributed by atoms with Crippen LogP contribution < -0.4 is 14.8 Å². The summed E-state index contributed by atoms with van der Waals surface area (Å²) < 4.78 is 21.0. The zero-order valence-corrected chi connectivity index (χ0v) is 16.0. The molecule has 0 unspecified atom stereocenters. The fourth-order valence-corrected chi connectivity index (χ4v) is 3.17. The summed E-state index contributed by atoms with van der Waals surface area (Å²) in [5.41, 5.74) is 1.51. The van der Waals surface area contributed by atoms with Crippen molar-refractivity contribution in [2.24, 2.45) is 0 Å². The first-order valence-electron chi connectivity index (χ1n) is 8.71. The molecule has 2 N–H and O–H groups in total. The van der Waals surface area contributed by atoms with Gasteiger partial charge in [0.1, 0.15) is 11.4 Å². The number of carbonyl (C=O) groups excluding carboxylic acids is 2. The van der Waals surface area contributed by atoms with E-state index in [1.165, 1.54) is 14.2 Å². The van der Waals surface area contributed by atoms with Crippen molar-refractivity contribution in [3.05, 3.63) is 53.9 Å². The molecule has 2 aromatic heterocycles. The van der Waals surface area contributed by atoms with Gasteiger partial charge in [0, 0.05) is 16.8 Å². The highest BCUT2D eigenvalue weighted by molar-refractivity contribution is 6.14. The number of para-hydroxylation sites is 1. The first kappa shape index (κ1) is 18.4. The number of fused-ring (bicyclic) bond motifs is 2.